The van der Waals surface area contributed by atoms with Crippen molar-refractivity contribution in [2.45, 2.75) is 361 Å². The van der Waals surface area contributed by atoms with Gasteiger partial charge in [-0.15, -0.1) is 0 Å². The number of carbonyl (C=O) groups is 3. The first-order valence-electron chi connectivity index (χ1n) is 33.8. The smallest absolute Gasteiger partial charge is 0.306 e. The SMILES string of the molecule is CCCCC/C=C\C/C=C\CCCCCCCCCCCC(=O)OC(COC(=O)CCCCCCC/C=C\CCCCCC)COC(=O)CCCCCCCCCCCCCCCCC/C=C\C/C=C\CCCCCCC. The lowest BCUT2D eigenvalue weighted by Gasteiger charge is -2.18. The van der Waals surface area contributed by atoms with E-state index in [0.29, 0.717) is 19.3 Å². The summed E-state index contributed by atoms with van der Waals surface area (Å²) in [7, 11) is 0. The van der Waals surface area contributed by atoms with Crippen molar-refractivity contribution in [1.82, 2.24) is 0 Å². The predicted octanol–water partition coefficient (Wildman–Crippen LogP) is 23.1. The summed E-state index contributed by atoms with van der Waals surface area (Å²) in [5.74, 6) is -0.870. The van der Waals surface area contributed by atoms with Crippen molar-refractivity contribution in [3.63, 3.8) is 0 Å². The Morgan fingerprint density at radius 1 is 0.260 bits per heavy atom. The molecule has 6 nitrogen and oxygen atoms in total. The van der Waals surface area contributed by atoms with Crippen molar-refractivity contribution in [3.05, 3.63) is 60.8 Å². The molecular formula is C71H128O6. The summed E-state index contributed by atoms with van der Waals surface area (Å²) in [6.45, 7) is 6.63. The maximum atomic E-state index is 12.9. The fourth-order valence-corrected chi connectivity index (χ4v) is 9.85. The van der Waals surface area contributed by atoms with Crippen LogP contribution in [-0.2, 0) is 28.6 Å². The Balaban J connectivity index is 4.25. The molecular weight excluding hydrogens is 949 g/mol. The van der Waals surface area contributed by atoms with Gasteiger partial charge in [0.25, 0.3) is 0 Å². The van der Waals surface area contributed by atoms with Crippen LogP contribution < -0.4 is 0 Å². The number of rotatable bonds is 62. The molecule has 0 aliphatic carbocycles. The standard InChI is InChI=1S/C71H128O6/c1-4-7-10-13-16-19-22-25-27-29-31-32-33-34-35-36-37-38-40-41-43-46-49-52-55-58-61-64-70(73)76-67-68(66-75-69(72)63-60-57-54-51-48-45-24-21-18-15-12-9-6-3)77-71(74)65-62-59-56-53-50-47-44-42-39-30-28-26-23-20-17-14-11-8-5-2/h17,20-22,24-26,28-29,31,68H,4-16,18-19,23,27,30,32-67H2,1-3H3/b20-17-,24-21-,25-22-,28-26-,31-29-. The van der Waals surface area contributed by atoms with Gasteiger partial charge in [-0.05, 0) is 109 Å². The molecule has 0 aromatic rings. The lowest BCUT2D eigenvalue weighted by molar-refractivity contribution is -0.167. The molecule has 0 heterocycles. The highest BCUT2D eigenvalue weighted by atomic mass is 16.6. The van der Waals surface area contributed by atoms with E-state index in [1.54, 1.807) is 0 Å². The zero-order valence-corrected chi connectivity index (χ0v) is 51.5. The second kappa shape index (κ2) is 65.6. The molecule has 0 aliphatic rings. The molecule has 0 spiro atoms. The first-order chi connectivity index (χ1) is 38.0. The fourth-order valence-electron chi connectivity index (χ4n) is 9.85. The van der Waals surface area contributed by atoms with E-state index in [4.69, 9.17) is 14.2 Å². The molecule has 0 amide bonds. The van der Waals surface area contributed by atoms with Crippen LogP contribution in [0.25, 0.3) is 0 Å². The van der Waals surface area contributed by atoms with Crippen molar-refractivity contribution in [3.8, 4) is 0 Å². The predicted molar refractivity (Wildman–Crippen MR) is 335 cm³/mol. The molecule has 6 heteroatoms. The van der Waals surface area contributed by atoms with E-state index in [0.717, 1.165) is 77.0 Å². The van der Waals surface area contributed by atoms with Crippen LogP contribution in [0.5, 0.6) is 0 Å². The number of carbonyl (C=O) groups excluding carboxylic acids is 3. The second-order valence-electron chi connectivity index (χ2n) is 22.7. The fraction of sp³-hybridized carbons (Fsp3) is 0.817. The highest BCUT2D eigenvalue weighted by molar-refractivity contribution is 5.71. The second-order valence-corrected chi connectivity index (χ2v) is 22.7. The van der Waals surface area contributed by atoms with E-state index in [1.807, 2.05) is 0 Å². The zero-order chi connectivity index (χ0) is 55.7. The van der Waals surface area contributed by atoms with Gasteiger partial charge in [0.1, 0.15) is 13.2 Å². The number of unbranched alkanes of at least 4 members (excludes halogenated alkanes) is 41. The monoisotopic (exact) mass is 1080 g/mol. The van der Waals surface area contributed by atoms with Crippen molar-refractivity contribution >= 4 is 17.9 Å². The van der Waals surface area contributed by atoms with Crippen LogP contribution in [0.1, 0.15) is 355 Å². The van der Waals surface area contributed by atoms with Gasteiger partial charge in [-0.3, -0.25) is 14.4 Å². The normalized spacial score (nSPS) is 12.4. The summed E-state index contributed by atoms with van der Waals surface area (Å²) in [6, 6.07) is 0. The minimum atomic E-state index is -0.780. The first kappa shape index (κ1) is 74.1. The summed E-state index contributed by atoms with van der Waals surface area (Å²) in [5, 5.41) is 0. The summed E-state index contributed by atoms with van der Waals surface area (Å²) in [6.07, 6.45) is 83.8. The molecule has 0 aliphatic heterocycles. The largest absolute Gasteiger partial charge is 0.462 e. The molecule has 0 rings (SSSR count). The first-order valence-corrected chi connectivity index (χ1v) is 33.8. The maximum Gasteiger partial charge on any atom is 0.306 e. The van der Waals surface area contributed by atoms with E-state index in [1.165, 1.54) is 238 Å². The van der Waals surface area contributed by atoms with Gasteiger partial charge >= 0.3 is 17.9 Å². The van der Waals surface area contributed by atoms with Crippen LogP contribution in [0.2, 0.25) is 0 Å². The maximum absolute atomic E-state index is 12.9. The lowest BCUT2D eigenvalue weighted by Crippen LogP contribution is -2.30. The van der Waals surface area contributed by atoms with E-state index in [9.17, 15) is 14.4 Å². The van der Waals surface area contributed by atoms with Crippen molar-refractivity contribution in [1.29, 1.82) is 0 Å². The Morgan fingerprint density at radius 3 is 0.766 bits per heavy atom. The van der Waals surface area contributed by atoms with Crippen LogP contribution in [0.4, 0.5) is 0 Å². The molecule has 77 heavy (non-hydrogen) atoms. The number of ether oxygens (including phenoxy) is 3. The van der Waals surface area contributed by atoms with E-state index >= 15 is 0 Å². The van der Waals surface area contributed by atoms with Crippen LogP contribution in [-0.4, -0.2) is 37.2 Å². The molecule has 0 aromatic heterocycles. The van der Waals surface area contributed by atoms with Gasteiger partial charge < -0.3 is 14.2 Å². The Morgan fingerprint density at radius 2 is 0.468 bits per heavy atom. The molecule has 1 atom stereocenters. The Kier molecular flexibility index (Phi) is 63.2. The van der Waals surface area contributed by atoms with Crippen molar-refractivity contribution < 1.29 is 28.6 Å². The van der Waals surface area contributed by atoms with E-state index in [-0.39, 0.29) is 31.1 Å². The molecule has 1 unspecified atom stereocenters. The van der Waals surface area contributed by atoms with E-state index < -0.39 is 6.10 Å². The molecule has 0 saturated heterocycles. The molecule has 0 saturated carbocycles. The number of esters is 3. The summed E-state index contributed by atoms with van der Waals surface area (Å²) < 4.78 is 16.9. The van der Waals surface area contributed by atoms with Gasteiger partial charge in [0.05, 0.1) is 0 Å². The van der Waals surface area contributed by atoms with Crippen LogP contribution in [0, 0.1) is 0 Å². The third-order valence-electron chi connectivity index (χ3n) is 15.0. The molecule has 0 bridgehead atoms. The Labute approximate surface area is 479 Å². The number of hydrogen-bond donors (Lipinski definition) is 0. The highest BCUT2D eigenvalue weighted by Crippen LogP contribution is 2.17. The summed E-state index contributed by atoms with van der Waals surface area (Å²) in [4.78, 5) is 38.3. The average molecular weight is 1080 g/mol. The third kappa shape index (κ3) is 63.8. The summed E-state index contributed by atoms with van der Waals surface area (Å²) in [5.41, 5.74) is 0. The van der Waals surface area contributed by atoms with Gasteiger partial charge in [-0.1, -0.05) is 287 Å². The number of hydrogen-bond acceptors (Lipinski definition) is 6. The van der Waals surface area contributed by atoms with Crippen LogP contribution in [0.15, 0.2) is 60.8 Å². The Hall–Kier alpha value is -2.89. The highest BCUT2D eigenvalue weighted by Gasteiger charge is 2.19. The third-order valence-corrected chi connectivity index (χ3v) is 15.0. The average Bonchev–Trinajstić information content (AvgIpc) is 3.43. The van der Waals surface area contributed by atoms with Gasteiger partial charge in [0.15, 0.2) is 6.10 Å². The minimum Gasteiger partial charge on any atom is -0.462 e. The molecule has 0 aromatic carbocycles. The number of allylic oxidation sites excluding steroid dienone is 10. The van der Waals surface area contributed by atoms with Gasteiger partial charge in [0.2, 0.25) is 0 Å². The topological polar surface area (TPSA) is 78.9 Å². The van der Waals surface area contributed by atoms with E-state index in [2.05, 4.69) is 81.5 Å². The molecule has 0 fully saturated rings. The molecule has 448 valence electrons. The van der Waals surface area contributed by atoms with Crippen LogP contribution >= 0.6 is 0 Å². The minimum absolute atomic E-state index is 0.0759. The van der Waals surface area contributed by atoms with Gasteiger partial charge in [0, 0.05) is 19.3 Å². The molecule has 0 N–H and O–H groups in total. The Bertz CT molecular complexity index is 1380. The van der Waals surface area contributed by atoms with Gasteiger partial charge in [-0.2, -0.15) is 0 Å². The zero-order valence-electron chi connectivity index (χ0n) is 51.5. The summed E-state index contributed by atoms with van der Waals surface area (Å²) >= 11 is 0. The van der Waals surface area contributed by atoms with Crippen molar-refractivity contribution in [2.24, 2.45) is 0 Å². The lowest BCUT2D eigenvalue weighted by atomic mass is 10.0. The van der Waals surface area contributed by atoms with Crippen molar-refractivity contribution in [2.75, 3.05) is 13.2 Å². The quantitative estimate of drug-likeness (QED) is 0.0261. The molecule has 0 radical (unpaired) electrons. The van der Waals surface area contributed by atoms with Gasteiger partial charge in [-0.25, -0.2) is 0 Å². The van der Waals surface area contributed by atoms with Crippen LogP contribution in [0.3, 0.4) is 0 Å².